The van der Waals surface area contributed by atoms with Gasteiger partial charge in [-0.25, -0.2) is 4.79 Å². The second-order valence-corrected chi connectivity index (χ2v) is 5.14. The van der Waals surface area contributed by atoms with Crippen LogP contribution in [0, 0.1) is 22.7 Å². The molecule has 0 fully saturated rings. The van der Waals surface area contributed by atoms with Gasteiger partial charge in [0.2, 0.25) is 0 Å². The first-order valence-electron chi connectivity index (χ1n) is 5.05. The maximum atomic E-state index is 10.8. The number of nitrogens with one attached hydrogen (secondary N) is 1. The molecule has 0 saturated heterocycles. The van der Waals surface area contributed by atoms with E-state index in [1.165, 1.54) is 0 Å². The Kier molecular flexibility index (Phi) is 4.15. The molecular weight excluding hydrogens is 192 g/mol. The molecule has 86 valence electrons. The van der Waals surface area contributed by atoms with Crippen LogP contribution in [0.2, 0.25) is 0 Å². The van der Waals surface area contributed by atoms with Crippen molar-refractivity contribution in [3.63, 3.8) is 0 Å². The molecule has 0 aliphatic heterocycles. The average Bonchev–Trinajstić information content (AvgIpc) is 1.99. The van der Waals surface area contributed by atoms with Crippen LogP contribution in [0.3, 0.4) is 0 Å². The number of hydrogen-bond donors (Lipinski definition) is 2. The van der Waals surface area contributed by atoms with E-state index >= 15 is 0 Å². The monoisotopic (exact) mass is 212 g/mol. The molecule has 15 heavy (non-hydrogen) atoms. The predicted molar refractivity (Wildman–Crippen MR) is 58.4 cm³/mol. The van der Waals surface area contributed by atoms with Gasteiger partial charge in [-0.05, 0) is 11.3 Å². The highest BCUT2D eigenvalue weighted by molar-refractivity contribution is 5.66. The Bertz CT molecular complexity index is 273. The van der Waals surface area contributed by atoms with Crippen molar-refractivity contribution in [2.45, 2.75) is 46.6 Å². The minimum absolute atomic E-state index is 0.0632. The van der Waals surface area contributed by atoms with Crippen LogP contribution in [-0.4, -0.2) is 16.7 Å². The summed E-state index contributed by atoms with van der Waals surface area (Å²) in [5, 5.41) is 20.2. The van der Waals surface area contributed by atoms with Crippen molar-refractivity contribution in [2.24, 2.45) is 11.3 Å². The molecule has 0 aliphatic carbocycles. The standard InChI is InChI=1S/C11H20N2O2/c1-8(2)11(6-7-12,10(3,4)5)13-9(14)15/h8,13H,6H2,1-5H3,(H,14,15)/t11-/m1/s1. The van der Waals surface area contributed by atoms with E-state index in [2.05, 4.69) is 11.4 Å². The van der Waals surface area contributed by atoms with Gasteiger partial charge in [-0.15, -0.1) is 0 Å². The van der Waals surface area contributed by atoms with Crippen LogP contribution < -0.4 is 5.32 Å². The summed E-state index contributed by atoms with van der Waals surface area (Å²) >= 11 is 0. The lowest BCUT2D eigenvalue weighted by Gasteiger charge is -2.46. The van der Waals surface area contributed by atoms with E-state index in [0.29, 0.717) is 0 Å². The normalized spacial score (nSPS) is 15.5. The van der Waals surface area contributed by atoms with E-state index in [1.807, 2.05) is 34.6 Å². The van der Waals surface area contributed by atoms with E-state index in [1.54, 1.807) is 0 Å². The lowest BCUT2D eigenvalue weighted by atomic mass is 9.65. The molecule has 0 aromatic heterocycles. The summed E-state index contributed by atoms with van der Waals surface area (Å²) in [5.74, 6) is 0.0632. The summed E-state index contributed by atoms with van der Waals surface area (Å²) in [6.45, 7) is 9.69. The van der Waals surface area contributed by atoms with Crippen molar-refractivity contribution in [3.05, 3.63) is 0 Å². The smallest absolute Gasteiger partial charge is 0.405 e. The Labute approximate surface area is 91.3 Å². The third kappa shape index (κ3) is 2.85. The molecule has 0 radical (unpaired) electrons. The number of carboxylic acid groups (broad SMARTS) is 1. The van der Waals surface area contributed by atoms with E-state index in [-0.39, 0.29) is 17.8 Å². The summed E-state index contributed by atoms with van der Waals surface area (Å²) in [4.78, 5) is 10.8. The molecule has 4 nitrogen and oxygen atoms in total. The highest BCUT2D eigenvalue weighted by Gasteiger charge is 2.45. The molecule has 0 saturated carbocycles. The number of rotatable bonds is 3. The molecule has 1 atom stereocenters. The summed E-state index contributed by atoms with van der Waals surface area (Å²) in [6.07, 6.45) is -0.894. The Hall–Kier alpha value is -1.24. The maximum absolute atomic E-state index is 10.8. The lowest BCUT2D eigenvalue weighted by molar-refractivity contribution is 0.0818. The molecule has 1 amide bonds. The summed E-state index contributed by atoms with van der Waals surface area (Å²) in [6, 6.07) is 2.08. The molecular formula is C11H20N2O2. The van der Waals surface area contributed by atoms with Gasteiger partial charge < -0.3 is 10.4 Å². The zero-order valence-corrected chi connectivity index (χ0v) is 10.1. The molecule has 0 unspecified atom stereocenters. The van der Waals surface area contributed by atoms with E-state index in [0.717, 1.165) is 0 Å². The van der Waals surface area contributed by atoms with Crippen molar-refractivity contribution < 1.29 is 9.90 Å². The van der Waals surface area contributed by atoms with Crippen LogP contribution in [0.4, 0.5) is 4.79 Å². The zero-order chi connectivity index (χ0) is 12.3. The molecule has 0 spiro atoms. The fourth-order valence-corrected chi connectivity index (χ4v) is 2.03. The van der Waals surface area contributed by atoms with Crippen LogP contribution in [0.15, 0.2) is 0 Å². The average molecular weight is 212 g/mol. The third-order valence-corrected chi connectivity index (χ3v) is 3.01. The minimum Gasteiger partial charge on any atom is -0.465 e. The Morgan fingerprint density at radius 1 is 1.47 bits per heavy atom. The van der Waals surface area contributed by atoms with Crippen molar-refractivity contribution in [1.82, 2.24) is 5.32 Å². The lowest BCUT2D eigenvalue weighted by Crippen LogP contribution is -2.60. The second kappa shape index (κ2) is 4.52. The Morgan fingerprint density at radius 2 is 1.93 bits per heavy atom. The fourth-order valence-electron chi connectivity index (χ4n) is 2.03. The van der Waals surface area contributed by atoms with Gasteiger partial charge >= 0.3 is 6.09 Å². The van der Waals surface area contributed by atoms with Gasteiger partial charge in [-0.2, -0.15) is 5.26 Å². The molecule has 0 bridgehead atoms. The number of carbonyl (C=O) groups is 1. The quantitative estimate of drug-likeness (QED) is 0.755. The molecule has 2 N–H and O–H groups in total. The first kappa shape index (κ1) is 13.8. The van der Waals surface area contributed by atoms with Crippen LogP contribution in [0.5, 0.6) is 0 Å². The van der Waals surface area contributed by atoms with Gasteiger partial charge in [0, 0.05) is 0 Å². The van der Waals surface area contributed by atoms with Crippen LogP contribution in [0.1, 0.15) is 41.0 Å². The number of nitriles is 1. The molecule has 0 aromatic carbocycles. The van der Waals surface area contributed by atoms with E-state index in [4.69, 9.17) is 10.4 Å². The van der Waals surface area contributed by atoms with Gasteiger partial charge in [-0.1, -0.05) is 34.6 Å². The summed E-state index contributed by atoms with van der Waals surface area (Å²) in [5.41, 5.74) is -0.997. The van der Waals surface area contributed by atoms with Crippen molar-refractivity contribution in [3.8, 4) is 6.07 Å². The molecule has 0 aromatic rings. The van der Waals surface area contributed by atoms with Gasteiger partial charge in [0.1, 0.15) is 0 Å². The summed E-state index contributed by atoms with van der Waals surface area (Å²) < 4.78 is 0. The second-order valence-electron chi connectivity index (χ2n) is 5.14. The number of nitrogens with zero attached hydrogens (tertiary/aromatic N) is 1. The highest BCUT2D eigenvalue weighted by atomic mass is 16.4. The van der Waals surface area contributed by atoms with E-state index < -0.39 is 11.6 Å². The first-order chi connectivity index (χ1) is 6.67. The predicted octanol–water partition coefficient (Wildman–Crippen LogP) is 2.61. The SMILES string of the molecule is CC(C)[C@@](CC#N)(NC(=O)O)C(C)(C)C. The highest BCUT2D eigenvalue weighted by Crippen LogP contribution is 2.39. The van der Waals surface area contributed by atoms with Crippen LogP contribution in [0.25, 0.3) is 0 Å². The zero-order valence-electron chi connectivity index (χ0n) is 10.1. The Morgan fingerprint density at radius 3 is 2.13 bits per heavy atom. The first-order valence-corrected chi connectivity index (χ1v) is 5.05. The van der Waals surface area contributed by atoms with Crippen molar-refractivity contribution in [2.75, 3.05) is 0 Å². The van der Waals surface area contributed by atoms with E-state index in [9.17, 15) is 4.79 Å². The number of amides is 1. The van der Waals surface area contributed by atoms with Gasteiger partial charge in [0.05, 0.1) is 18.0 Å². The third-order valence-electron chi connectivity index (χ3n) is 3.01. The minimum atomic E-state index is -1.08. The van der Waals surface area contributed by atoms with Gasteiger partial charge in [0.25, 0.3) is 0 Å². The fraction of sp³-hybridized carbons (Fsp3) is 0.818. The van der Waals surface area contributed by atoms with Gasteiger partial charge in [0.15, 0.2) is 0 Å². The molecule has 0 aliphatic rings. The summed E-state index contributed by atoms with van der Waals surface area (Å²) in [7, 11) is 0. The van der Waals surface area contributed by atoms with Crippen LogP contribution in [-0.2, 0) is 0 Å². The molecule has 4 heteroatoms. The Balaban J connectivity index is 5.29. The topological polar surface area (TPSA) is 73.1 Å². The number of hydrogen-bond acceptors (Lipinski definition) is 2. The largest absolute Gasteiger partial charge is 0.465 e. The van der Waals surface area contributed by atoms with Crippen LogP contribution >= 0.6 is 0 Å². The molecule has 0 heterocycles. The van der Waals surface area contributed by atoms with Crippen molar-refractivity contribution in [1.29, 1.82) is 5.26 Å². The van der Waals surface area contributed by atoms with Crippen molar-refractivity contribution >= 4 is 6.09 Å². The molecule has 0 rings (SSSR count). The maximum Gasteiger partial charge on any atom is 0.405 e. The van der Waals surface area contributed by atoms with Gasteiger partial charge in [-0.3, -0.25) is 0 Å².